The Morgan fingerprint density at radius 1 is 1.17 bits per heavy atom. The number of hydrogen-bond acceptors (Lipinski definition) is 7. The molecule has 1 aliphatic carbocycles. The molecule has 3 unspecified atom stereocenters. The zero-order valence-corrected chi connectivity index (χ0v) is 15.7. The van der Waals surface area contributed by atoms with Crippen LogP contribution in [0.1, 0.15) is 29.0 Å². The number of hydrogen-bond donors (Lipinski definition) is 1. The van der Waals surface area contributed by atoms with E-state index in [9.17, 15) is 9.18 Å². The summed E-state index contributed by atoms with van der Waals surface area (Å²) in [6.07, 6.45) is 8.25. The highest BCUT2D eigenvalue weighted by Crippen LogP contribution is 2.40. The van der Waals surface area contributed by atoms with Crippen molar-refractivity contribution >= 4 is 11.7 Å². The molecule has 10 heteroatoms. The highest BCUT2D eigenvalue weighted by molar-refractivity contribution is 5.96. The summed E-state index contributed by atoms with van der Waals surface area (Å²) < 4.78 is 13.9. The van der Waals surface area contributed by atoms with Crippen molar-refractivity contribution in [3.8, 4) is 5.69 Å². The van der Waals surface area contributed by atoms with Gasteiger partial charge in [-0.1, -0.05) is 0 Å². The van der Waals surface area contributed by atoms with Crippen LogP contribution in [0.4, 0.5) is 10.2 Å². The second kappa shape index (κ2) is 6.87. The maximum absolute atomic E-state index is 13.9. The Kier molecular flexibility index (Phi) is 4.18. The molecule has 1 saturated heterocycles. The molecule has 2 fully saturated rings. The number of aryl methyl sites for hydroxylation is 1. The molecule has 1 amide bonds. The Balaban J connectivity index is 1.41. The van der Waals surface area contributed by atoms with Gasteiger partial charge in [0, 0.05) is 12.6 Å². The van der Waals surface area contributed by atoms with E-state index >= 15 is 0 Å². The number of anilines is 1. The lowest BCUT2D eigenvalue weighted by molar-refractivity contribution is 0.0684. The minimum Gasteiger partial charge on any atom is -0.364 e. The predicted molar refractivity (Wildman–Crippen MR) is 101 cm³/mol. The smallest absolute Gasteiger partial charge is 0.275 e. The van der Waals surface area contributed by atoms with Crippen LogP contribution in [-0.4, -0.2) is 59.4 Å². The molecule has 5 rings (SSSR count). The normalized spacial score (nSPS) is 22.8. The fraction of sp³-hybridized carbons (Fsp3) is 0.368. The van der Waals surface area contributed by atoms with E-state index < -0.39 is 5.95 Å². The maximum Gasteiger partial charge on any atom is 0.275 e. The molecular formula is C19H19FN8O. The van der Waals surface area contributed by atoms with Crippen LogP contribution in [0.3, 0.4) is 0 Å². The van der Waals surface area contributed by atoms with Gasteiger partial charge in [0.2, 0.25) is 5.95 Å². The molecule has 0 radical (unpaired) electrons. The second-order valence-corrected chi connectivity index (χ2v) is 7.48. The first kappa shape index (κ1) is 17.7. The van der Waals surface area contributed by atoms with Gasteiger partial charge in [0.15, 0.2) is 5.69 Å². The maximum atomic E-state index is 13.9. The monoisotopic (exact) mass is 394 g/mol. The lowest BCUT2D eigenvalue weighted by Gasteiger charge is -2.34. The molecule has 1 N–H and O–H groups in total. The van der Waals surface area contributed by atoms with E-state index in [0.717, 1.165) is 18.5 Å². The molecule has 9 nitrogen and oxygen atoms in total. The first-order chi connectivity index (χ1) is 14.1. The Morgan fingerprint density at radius 2 is 2.00 bits per heavy atom. The molecule has 1 aliphatic heterocycles. The van der Waals surface area contributed by atoms with Gasteiger partial charge in [-0.15, -0.1) is 4.80 Å². The number of aromatic nitrogens is 6. The van der Waals surface area contributed by atoms with Gasteiger partial charge in [0.1, 0.15) is 11.5 Å². The third-order valence-corrected chi connectivity index (χ3v) is 5.53. The third-order valence-electron chi connectivity index (χ3n) is 5.53. The quantitative estimate of drug-likeness (QED) is 0.671. The molecule has 3 aromatic heterocycles. The molecular weight excluding hydrogens is 375 g/mol. The highest BCUT2D eigenvalue weighted by atomic mass is 19.1. The number of piperidine rings is 1. The summed E-state index contributed by atoms with van der Waals surface area (Å²) in [6, 6.07) is 2.72. The number of nitrogens with one attached hydrogen (secondary N) is 1. The number of carbonyl (C=O) groups excluding carboxylic acids is 1. The van der Waals surface area contributed by atoms with Gasteiger partial charge in [-0.2, -0.15) is 14.6 Å². The summed E-state index contributed by atoms with van der Waals surface area (Å²) in [4.78, 5) is 28.9. The van der Waals surface area contributed by atoms with Gasteiger partial charge in [-0.3, -0.25) is 9.78 Å². The minimum absolute atomic E-state index is 0.0147. The summed E-state index contributed by atoms with van der Waals surface area (Å²) in [5.41, 5.74) is 1.22. The van der Waals surface area contributed by atoms with Crippen LogP contribution < -0.4 is 5.32 Å². The fourth-order valence-electron chi connectivity index (χ4n) is 4.29. The fourth-order valence-corrected chi connectivity index (χ4v) is 4.29. The average molecular weight is 394 g/mol. The number of pyridine rings is 1. The molecule has 3 atom stereocenters. The summed E-state index contributed by atoms with van der Waals surface area (Å²) >= 11 is 0. The van der Waals surface area contributed by atoms with E-state index in [4.69, 9.17) is 0 Å². The van der Waals surface area contributed by atoms with Crippen molar-refractivity contribution in [3.05, 3.63) is 54.3 Å². The van der Waals surface area contributed by atoms with E-state index in [2.05, 4.69) is 30.5 Å². The van der Waals surface area contributed by atoms with Crippen molar-refractivity contribution in [2.75, 3.05) is 11.9 Å². The number of fused-ring (bicyclic) bond motifs is 2. The third kappa shape index (κ3) is 3.20. The van der Waals surface area contributed by atoms with Crippen molar-refractivity contribution in [2.45, 2.75) is 31.8 Å². The number of carbonyl (C=O) groups is 1. The Hall–Kier alpha value is -3.43. The number of nitrogens with zero attached hydrogens (tertiary/aromatic N) is 7. The van der Waals surface area contributed by atoms with Gasteiger partial charge in [-0.05, 0) is 37.8 Å². The van der Waals surface area contributed by atoms with Crippen LogP contribution in [0.5, 0.6) is 0 Å². The molecule has 1 saturated carbocycles. The molecule has 2 aliphatic rings. The predicted octanol–water partition coefficient (Wildman–Crippen LogP) is 1.61. The number of halogens is 1. The van der Waals surface area contributed by atoms with Crippen LogP contribution in [0.2, 0.25) is 0 Å². The first-order valence-corrected chi connectivity index (χ1v) is 9.48. The molecule has 3 aromatic rings. The molecule has 29 heavy (non-hydrogen) atoms. The average Bonchev–Trinajstić information content (AvgIpc) is 3.46. The lowest BCUT2D eigenvalue weighted by atomic mass is 10.0. The van der Waals surface area contributed by atoms with Crippen molar-refractivity contribution in [2.24, 2.45) is 5.92 Å². The van der Waals surface area contributed by atoms with Gasteiger partial charge in [0.05, 0.1) is 36.5 Å². The molecule has 148 valence electrons. The highest BCUT2D eigenvalue weighted by Gasteiger charge is 2.47. The van der Waals surface area contributed by atoms with Gasteiger partial charge < -0.3 is 10.2 Å². The summed E-state index contributed by atoms with van der Waals surface area (Å²) in [7, 11) is 0. The number of amides is 1. The minimum atomic E-state index is -0.710. The molecule has 2 bridgehead atoms. The van der Waals surface area contributed by atoms with Crippen LogP contribution >= 0.6 is 0 Å². The van der Waals surface area contributed by atoms with E-state index in [1.165, 1.54) is 29.3 Å². The Bertz CT molecular complexity index is 1040. The number of rotatable bonds is 4. The Labute approximate surface area is 166 Å². The Morgan fingerprint density at radius 3 is 2.72 bits per heavy atom. The van der Waals surface area contributed by atoms with Crippen LogP contribution in [0, 0.1) is 18.8 Å². The standard InChI is InChI=1S/C19H19FN8O/c1-11-8-22-17(9-21-11)25-13-6-12-7-15(13)27(10-12)19(29)18-14(2-3-16(20)26-18)28-23-4-5-24-28/h2-5,8-9,12-13,15H,6-7,10H2,1H3,(H,22,25). The zero-order valence-electron chi connectivity index (χ0n) is 15.7. The van der Waals surface area contributed by atoms with Crippen molar-refractivity contribution in [1.29, 1.82) is 0 Å². The van der Waals surface area contributed by atoms with Crippen molar-refractivity contribution in [1.82, 2.24) is 34.8 Å². The van der Waals surface area contributed by atoms with E-state index in [1.807, 2.05) is 6.92 Å². The first-order valence-electron chi connectivity index (χ1n) is 9.48. The van der Waals surface area contributed by atoms with Crippen LogP contribution in [0.15, 0.2) is 36.9 Å². The van der Waals surface area contributed by atoms with Gasteiger partial charge >= 0.3 is 0 Å². The molecule has 0 aromatic carbocycles. The summed E-state index contributed by atoms with van der Waals surface area (Å²) in [5.74, 6) is 0.0505. The van der Waals surface area contributed by atoms with Crippen LogP contribution in [0.25, 0.3) is 5.69 Å². The van der Waals surface area contributed by atoms with Crippen LogP contribution in [-0.2, 0) is 0 Å². The molecule has 0 spiro atoms. The lowest BCUT2D eigenvalue weighted by Crippen LogP contribution is -2.48. The summed E-state index contributed by atoms with van der Waals surface area (Å²) in [5, 5.41) is 11.5. The van der Waals surface area contributed by atoms with Crippen molar-refractivity contribution in [3.63, 3.8) is 0 Å². The second-order valence-electron chi connectivity index (χ2n) is 7.48. The van der Waals surface area contributed by atoms with Crippen molar-refractivity contribution < 1.29 is 9.18 Å². The van der Waals surface area contributed by atoms with E-state index in [1.54, 1.807) is 17.3 Å². The summed E-state index contributed by atoms with van der Waals surface area (Å²) in [6.45, 7) is 2.51. The SMILES string of the molecule is Cc1cnc(NC2CC3CC2N(C(=O)c2nc(F)ccc2-n2nccn2)C3)cn1. The van der Waals surface area contributed by atoms with Gasteiger partial charge in [-0.25, -0.2) is 9.97 Å². The zero-order chi connectivity index (χ0) is 20.0. The topological polar surface area (TPSA) is 102 Å². The van der Waals surface area contributed by atoms with Gasteiger partial charge in [0.25, 0.3) is 5.91 Å². The number of likely N-dealkylation sites (tertiary alicyclic amines) is 1. The van der Waals surface area contributed by atoms with E-state index in [-0.39, 0.29) is 23.7 Å². The molecule has 4 heterocycles. The van der Waals surface area contributed by atoms with E-state index in [0.29, 0.717) is 24.0 Å². The largest absolute Gasteiger partial charge is 0.364 e.